The predicted octanol–water partition coefficient (Wildman–Crippen LogP) is 5.23. The molecule has 0 saturated heterocycles. The second kappa shape index (κ2) is 12.8. The fraction of sp³-hybridized carbons (Fsp3) is 0.731. The van der Waals surface area contributed by atoms with Crippen LogP contribution in [0.5, 0.6) is 0 Å². The van der Waals surface area contributed by atoms with Crippen molar-refractivity contribution in [3.05, 3.63) is 23.3 Å². The van der Waals surface area contributed by atoms with E-state index in [2.05, 4.69) is 54.7 Å². The van der Waals surface area contributed by atoms with Gasteiger partial charge >= 0.3 is 5.97 Å². The van der Waals surface area contributed by atoms with E-state index in [1.54, 1.807) is 4.80 Å². The molecule has 35 heavy (non-hydrogen) atoms. The molecule has 0 spiro atoms. The zero-order valence-electron chi connectivity index (χ0n) is 22.7. The number of nitrogens with one attached hydrogen (secondary N) is 1. The Morgan fingerprint density at radius 1 is 0.943 bits per heavy atom. The SMILES string of the molecule is CC(C)C(=O)OC1CCCC1.CC(C)NS(=O)(=O)C1CC1.Cc1cc2nn(C(C)C)nc2cc1C. The molecule has 1 aromatic heterocycles. The maximum Gasteiger partial charge on any atom is 0.308 e. The Morgan fingerprint density at radius 3 is 1.80 bits per heavy atom. The summed E-state index contributed by atoms with van der Waals surface area (Å²) >= 11 is 0. The van der Waals surface area contributed by atoms with E-state index in [-0.39, 0.29) is 29.3 Å². The van der Waals surface area contributed by atoms with Crippen molar-refractivity contribution in [3.8, 4) is 0 Å². The van der Waals surface area contributed by atoms with Crippen molar-refractivity contribution in [2.75, 3.05) is 0 Å². The summed E-state index contributed by atoms with van der Waals surface area (Å²) in [5.74, 6) is -0.0208. The first-order chi connectivity index (χ1) is 16.3. The van der Waals surface area contributed by atoms with Crippen LogP contribution in [0.1, 0.15) is 97.2 Å². The fourth-order valence-corrected chi connectivity index (χ4v) is 5.14. The van der Waals surface area contributed by atoms with Gasteiger partial charge in [-0.3, -0.25) is 4.79 Å². The normalized spacial score (nSPS) is 16.3. The van der Waals surface area contributed by atoms with E-state index in [0.717, 1.165) is 36.7 Å². The van der Waals surface area contributed by atoms with Crippen molar-refractivity contribution in [3.63, 3.8) is 0 Å². The molecule has 0 atom stereocenters. The first kappa shape index (κ1) is 29.2. The molecule has 8 nitrogen and oxygen atoms in total. The van der Waals surface area contributed by atoms with Crippen LogP contribution in [0.2, 0.25) is 0 Å². The lowest BCUT2D eigenvalue weighted by Gasteiger charge is -2.12. The largest absolute Gasteiger partial charge is 0.462 e. The Kier molecular flexibility index (Phi) is 10.7. The first-order valence-corrected chi connectivity index (χ1v) is 14.4. The zero-order chi connectivity index (χ0) is 26.3. The third kappa shape index (κ3) is 9.52. The standard InChI is InChI=1S/C11H15N3.C9H16O2.C6H13NO2S/c1-7(2)14-12-10-5-8(3)9(4)6-11(10)13-14;1-7(2)9(10)11-8-5-3-4-6-8;1-5(2)7-10(8,9)6-3-4-6/h5-7H,1-4H3;7-8H,3-6H2,1-2H3;5-7H,3-4H2,1-2H3. The van der Waals surface area contributed by atoms with Crippen LogP contribution < -0.4 is 4.72 Å². The highest BCUT2D eigenvalue weighted by Crippen LogP contribution is 2.27. The van der Waals surface area contributed by atoms with Crippen LogP contribution in [0.4, 0.5) is 0 Å². The molecular formula is C26H44N4O4S. The van der Waals surface area contributed by atoms with E-state index in [4.69, 9.17) is 4.74 Å². The van der Waals surface area contributed by atoms with Crippen LogP contribution in [0.25, 0.3) is 11.0 Å². The van der Waals surface area contributed by atoms with Gasteiger partial charge in [-0.05, 0) is 103 Å². The van der Waals surface area contributed by atoms with Crippen molar-refractivity contribution < 1.29 is 17.9 Å². The van der Waals surface area contributed by atoms with E-state index in [0.29, 0.717) is 6.04 Å². The number of rotatable bonds is 6. The highest BCUT2D eigenvalue weighted by molar-refractivity contribution is 7.90. The number of carbonyl (C=O) groups excluding carboxylic acids is 1. The molecule has 9 heteroatoms. The number of aryl methyl sites for hydroxylation is 2. The summed E-state index contributed by atoms with van der Waals surface area (Å²) in [6, 6.07) is 4.54. The van der Waals surface area contributed by atoms with E-state index in [1.165, 1.54) is 24.0 Å². The molecule has 2 fully saturated rings. The average Bonchev–Trinajstić information content (AvgIpc) is 3.36. The maximum absolute atomic E-state index is 11.1. The van der Waals surface area contributed by atoms with Gasteiger partial charge in [0.15, 0.2) is 0 Å². The lowest BCUT2D eigenvalue weighted by Crippen LogP contribution is -2.32. The molecule has 4 rings (SSSR count). The minimum absolute atomic E-state index is 0.0237. The van der Waals surface area contributed by atoms with E-state index in [9.17, 15) is 13.2 Å². The summed E-state index contributed by atoms with van der Waals surface area (Å²) in [5, 5.41) is 8.75. The van der Waals surface area contributed by atoms with Crippen molar-refractivity contribution >= 4 is 27.0 Å². The third-order valence-electron chi connectivity index (χ3n) is 5.89. The van der Waals surface area contributed by atoms with Crippen molar-refractivity contribution in [2.45, 2.75) is 117 Å². The Bertz CT molecular complexity index is 1030. The number of carbonyl (C=O) groups is 1. The summed E-state index contributed by atoms with van der Waals surface area (Å²) in [4.78, 5) is 12.8. The number of sulfonamides is 1. The Morgan fingerprint density at radius 2 is 1.43 bits per heavy atom. The van der Waals surface area contributed by atoms with Gasteiger partial charge in [0.25, 0.3) is 0 Å². The molecular weight excluding hydrogens is 464 g/mol. The Hall–Kier alpha value is -2.00. The smallest absolute Gasteiger partial charge is 0.308 e. The number of nitrogens with zero attached hydrogens (tertiary/aromatic N) is 3. The van der Waals surface area contributed by atoms with Gasteiger partial charge < -0.3 is 4.74 Å². The first-order valence-electron chi connectivity index (χ1n) is 12.9. The van der Waals surface area contributed by atoms with Gasteiger partial charge in [0.2, 0.25) is 10.0 Å². The highest BCUT2D eigenvalue weighted by atomic mass is 32.2. The van der Waals surface area contributed by atoms with Gasteiger partial charge in [-0.25, -0.2) is 13.1 Å². The van der Waals surface area contributed by atoms with Crippen LogP contribution in [-0.4, -0.2) is 46.8 Å². The van der Waals surface area contributed by atoms with Gasteiger partial charge in [0.05, 0.1) is 17.2 Å². The fourth-order valence-electron chi connectivity index (χ4n) is 3.53. The van der Waals surface area contributed by atoms with Crippen LogP contribution in [-0.2, 0) is 19.6 Å². The third-order valence-corrected chi connectivity index (χ3v) is 8.04. The molecule has 2 aromatic rings. The van der Waals surface area contributed by atoms with Gasteiger partial charge in [0.1, 0.15) is 17.1 Å². The quantitative estimate of drug-likeness (QED) is 0.536. The van der Waals surface area contributed by atoms with Crippen LogP contribution in [0.3, 0.4) is 0 Å². The van der Waals surface area contributed by atoms with Crippen molar-refractivity contribution in [1.29, 1.82) is 0 Å². The molecule has 0 radical (unpaired) electrons. The number of esters is 1. The highest BCUT2D eigenvalue weighted by Gasteiger charge is 2.35. The lowest BCUT2D eigenvalue weighted by atomic mass is 10.1. The summed E-state index contributed by atoms with van der Waals surface area (Å²) in [6.07, 6.45) is 6.47. The van der Waals surface area contributed by atoms with E-state index in [1.807, 2.05) is 27.7 Å². The number of fused-ring (bicyclic) bond motifs is 1. The number of aromatic nitrogens is 3. The van der Waals surface area contributed by atoms with Crippen LogP contribution >= 0.6 is 0 Å². The van der Waals surface area contributed by atoms with Crippen LogP contribution in [0, 0.1) is 19.8 Å². The van der Waals surface area contributed by atoms with Gasteiger partial charge in [-0.1, -0.05) is 13.8 Å². The van der Waals surface area contributed by atoms with Crippen LogP contribution in [0.15, 0.2) is 12.1 Å². The number of benzene rings is 1. The topological polar surface area (TPSA) is 103 Å². The van der Waals surface area contributed by atoms with Gasteiger partial charge in [-0.2, -0.15) is 15.0 Å². The van der Waals surface area contributed by atoms with E-state index >= 15 is 0 Å². The predicted molar refractivity (Wildman–Crippen MR) is 141 cm³/mol. The monoisotopic (exact) mass is 508 g/mol. The lowest BCUT2D eigenvalue weighted by molar-refractivity contribution is -0.152. The second-order valence-corrected chi connectivity index (χ2v) is 12.5. The molecule has 2 aliphatic carbocycles. The second-order valence-electron chi connectivity index (χ2n) is 10.6. The van der Waals surface area contributed by atoms with Crippen molar-refractivity contribution in [2.24, 2.45) is 5.92 Å². The minimum Gasteiger partial charge on any atom is -0.462 e. The molecule has 198 valence electrons. The molecule has 1 aromatic carbocycles. The average molecular weight is 509 g/mol. The molecule has 1 heterocycles. The molecule has 2 saturated carbocycles. The Labute approximate surface area is 211 Å². The van der Waals surface area contributed by atoms with E-state index < -0.39 is 10.0 Å². The molecule has 0 amide bonds. The summed E-state index contributed by atoms with van der Waals surface area (Å²) in [7, 11) is -2.94. The van der Waals surface area contributed by atoms with Gasteiger partial charge in [0, 0.05) is 6.04 Å². The number of hydrogen-bond donors (Lipinski definition) is 1. The summed E-state index contributed by atoms with van der Waals surface area (Å²) in [6.45, 7) is 15.8. The summed E-state index contributed by atoms with van der Waals surface area (Å²) in [5.41, 5.74) is 4.52. The molecule has 0 unspecified atom stereocenters. The van der Waals surface area contributed by atoms with Gasteiger partial charge in [-0.15, -0.1) is 0 Å². The molecule has 2 aliphatic rings. The molecule has 1 N–H and O–H groups in total. The maximum atomic E-state index is 11.1. The zero-order valence-corrected chi connectivity index (χ0v) is 23.5. The molecule has 0 aliphatic heterocycles. The summed E-state index contributed by atoms with van der Waals surface area (Å²) < 4.78 is 30.0. The number of hydrogen-bond acceptors (Lipinski definition) is 6. The molecule has 0 bridgehead atoms. The van der Waals surface area contributed by atoms with Crippen molar-refractivity contribution in [1.82, 2.24) is 19.7 Å². The minimum atomic E-state index is -2.94. The number of ether oxygens (including phenoxy) is 1. The Balaban J connectivity index is 0.000000189.